The SMILES string of the molecule is CCCCOc1nc(N(Cc2ccc(OC)cc2)Cc2ccc(OC)cc2)c2ncc(C(O)c3cnc(N4CCN(CCN(C)C)CC4)c(C)c3)n2n1. The van der Waals surface area contributed by atoms with Crippen molar-refractivity contribution < 1.29 is 19.3 Å². The molecule has 1 atom stereocenters. The Morgan fingerprint density at radius 2 is 1.51 bits per heavy atom. The molecule has 0 saturated carbocycles. The average Bonchev–Trinajstić information content (AvgIpc) is 3.61. The molecular weight excluding hydrogens is 670 g/mol. The standard InChI is InChI=1S/C40H53N9O4/c1-7-8-23-53-40-43-39(48(27-30-9-13-33(51-5)14-10-30)28-31-11-15-34(52-6)16-12-31)38-42-26-35(49(38)44-40)36(50)32-24-29(2)37(41-25-32)47-21-19-46(20-22-47)18-17-45(3)4/h9-16,24-26,36,50H,7-8,17-23,27-28H2,1-6H3. The molecule has 13 heteroatoms. The van der Waals surface area contributed by atoms with Crippen molar-refractivity contribution in [2.45, 2.75) is 45.9 Å². The average molecular weight is 724 g/mol. The molecule has 0 spiro atoms. The second kappa shape index (κ2) is 17.7. The number of imidazole rings is 1. The number of piperazine rings is 1. The van der Waals surface area contributed by atoms with E-state index in [-0.39, 0.29) is 6.01 Å². The summed E-state index contributed by atoms with van der Waals surface area (Å²) >= 11 is 0. The van der Waals surface area contributed by atoms with Crippen LogP contribution in [0.3, 0.4) is 0 Å². The summed E-state index contributed by atoms with van der Waals surface area (Å²) in [5.74, 6) is 3.12. The number of aliphatic hydroxyl groups is 1. The van der Waals surface area contributed by atoms with E-state index in [4.69, 9.17) is 34.3 Å². The summed E-state index contributed by atoms with van der Waals surface area (Å²) in [6.07, 6.45) is 4.24. The smallest absolute Gasteiger partial charge is 0.336 e. The first-order chi connectivity index (χ1) is 25.8. The van der Waals surface area contributed by atoms with Crippen LogP contribution in [-0.4, -0.2) is 114 Å². The van der Waals surface area contributed by atoms with Crippen molar-refractivity contribution in [2.24, 2.45) is 0 Å². The molecule has 4 heterocycles. The van der Waals surface area contributed by atoms with Gasteiger partial charge in [-0.2, -0.15) is 4.98 Å². The van der Waals surface area contributed by atoms with Crippen molar-refractivity contribution in [3.05, 3.63) is 94.9 Å². The van der Waals surface area contributed by atoms with Crippen LogP contribution in [0.1, 0.15) is 53.8 Å². The maximum atomic E-state index is 11.9. The Bertz CT molecular complexity index is 1860. The number of hydrogen-bond acceptors (Lipinski definition) is 12. The van der Waals surface area contributed by atoms with Crippen LogP contribution in [0.25, 0.3) is 5.65 Å². The lowest BCUT2D eigenvalue weighted by atomic mass is 10.1. The molecule has 282 valence electrons. The minimum absolute atomic E-state index is 0.219. The number of nitrogens with zero attached hydrogens (tertiary/aromatic N) is 9. The number of fused-ring (bicyclic) bond motifs is 1. The van der Waals surface area contributed by atoms with Crippen LogP contribution in [-0.2, 0) is 13.1 Å². The summed E-state index contributed by atoms with van der Waals surface area (Å²) in [6, 6.07) is 18.2. The Balaban J connectivity index is 1.32. The quantitative estimate of drug-likeness (QED) is 0.130. The number of ether oxygens (including phenoxy) is 3. The van der Waals surface area contributed by atoms with Crippen LogP contribution in [0.5, 0.6) is 17.5 Å². The Morgan fingerprint density at radius 1 is 0.868 bits per heavy atom. The Labute approximate surface area is 312 Å². The molecule has 1 fully saturated rings. The van der Waals surface area contributed by atoms with E-state index in [0.717, 1.165) is 86.1 Å². The normalized spacial score (nSPS) is 14.2. The summed E-state index contributed by atoms with van der Waals surface area (Å²) in [6.45, 7) is 11.6. The van der Waals surface area contributed by atoms with E-state index >= 15 is 0 Å². The molecular formula is C40H53N9O4. The lowest BCUT2D eigenvalue weighted by Crippen LogP contribution is -2.48. The molecule has 3 aromatic heterocycles. The predicted molar refractivity (Wildman–Crippen MR) is 207 cm³/mol. The topological polar surface area (TPSA) is 117 Å². The number of aliphatic hydroxyl groups excluding tert-OH is 1. The number of hydrogen-bond donors (Lipinski definition) is 1. The van der Waals surface area contributed by atoms with E-state index in [1.54, 1.807) is 31.1 Å². The largest absolute Gasteiger partial charge is 0.497 e. The van der Waals surface area contributed by atoms with E-state index in [9.17, 15) is 5.11 Å². The molecule has 6 rings (SSSR count). The summed E-state index contributed by atoms with van der Waals surface area (Å²) < 4.78 is 18.6. The highest BCUT2D eigenvalue weighted by Gasteiger charge is 2.25. The van der Waals surface area contributed by atoms with Crippen LogP contribution in [0.2, 0.25) is 0 Å². The maximum Gasteiger partial charge on any atom is 0.336 e. The number of likely N-dealkylation sites (N-methyl/N-ethyl adjacent to an activating group) is 1. The van der Waals surface area contributed by atoms with Crippen LogP contribution in [0.15, 0.2) is 67.0 Å². The lowest BCUT2D eigenvalue weighted by molar-refractivity contribution is 0.211. The van der Waals surface area contributed by atoms with Crippen molar-refractivity contribution in [2.75, 3.05) is 84.0 Å². The molecule has 53 heavy (non-hydrogen) atoms. The zero-order valence-electron chi connectivity index (χ0n) is 31.9. The monoisotopic (exact) mass is 723 g/mol. The van der Waals surface area contributed by atoms with Gasteiger partial charge in [-0.3, -0.25) is 4.90 Å². The van der Waals surface area contributed by atoms with E-state index < -0.39 is 6.10 Å². The Hall–Kier alpha value is -4.98. The molecule has 1 saturated heterocycles. The van der Waals surface area contributed by atoms with E-state index in [1.165, 1.54) is 0 Å². The third kappa shape index (κ3) is 9.34. The van der Waals surface area contributed by atoms with Crippen LogP contribution < -0.4 is 24.0 Å². The van der Waals surface area contributed by atoms with Gasteiger partial charge in [0, 0.05) is 64.1 Å². The number of pyridine rings is 1. The van der Waals surface area contributed by atoms with Crippen molar-refractivity contribution in [1.29, 1.82) is 0 Å². The molecule has 2 aromatic carbocycles. The van der Waals surface area contributed by atoms with E-state index in [0.29, 0.717) is 42.4 Å². The van der Waals surface area contributed by atoms with Gasteiger partial charge in [-0.05, 0) is 74.5 Å². The molecule has 1 aliphatic rings. The van der Waals surface area contributed by atoms with Gasteiger partial charge in [0.25, 0.3) is 0 Å². The van der Waals surface area contributed by atoms with Gasteiger partial charge in [0.15, 0.2) is 11.5 Å². The number of aryl methyl sites for hydroxylation is 1. The first-order valence-electron chi connectivity index (χ1n) is 18.4. The molecule has 13 nitrogen and oxygen atoms in total. The van der Waals surface area contributed by atoms with Crippen LogP contribution in [0.4, 0.5) is 11.6 Å². The molecule has 1 aliphatic heterocycles. The number of benzene rings is 2. The number of anilines is 2. The second-order valence-corrected chi connectivity index (χ2v) is 13.8. The highest BCUT2D eigenvalue weighted by molar-refractivity contribution is 5.65. The van der Waals surface area contributed by atoms with E-state index in [1.807, 2.05) is 54.6 Å². The van der Waals surface area contributed by atoms with Crippen LogP contribution in [0, 0.1) is 6.92 Å². The highest BCUT2D eigenvalue weighted by Crippen LogP contribution is 2.31. The van der Waals surface area contributed by atoms with Gasteiger partial charge in [0.05, 0.1) is 32.7 Å². The first kappa shape index (κ1) is 37.8. The lowest BCUT2D eigenvalue weighted by Gasteiger charge is -2.36. The van der Waals surface area contributed by atoms with E-state index in [2.05, 4.69) is 47.5 Å². The molecule has 0 amide bonds. The molecule has 1 N–H and O–H groups in total. The molecule has 0 radical (unpaired) electrons. The molecule has 0 bridgehead atoms. The number of methoxy groups -OCH3 is 2. The van der Waals surface area contributed by atoms with Crippen molar-refractivity contribution in [3.8, 4) is 17.5 Å². The van der Waals surface area contributed by atoms with Gasteiger partial charge in [0.2, 0.25) is 0 Å². The van der Waals surface area contributed by atoms with Crippen LogP contribution >= 0.6 is 0 Å². The summed E-state index contributed by atoms with van der Waals surface area (Å²) in [7, 11) is 7.55. The summed E-state index contributed by atoms with van der Waals surface area (Å²) in [5.41, 5.74) is 4.82. The fraction of sp³-hybridized carbons (Fsp3) is 0.450. The Morgan fingerprint density at radius 3 is 2.08 bits per heavy atom. The van der Waals surface area contributed by atoms with Gasteiger partial charge >= 0.3 is 6.01 Å². The van der Waals surface area contributed by atoms with Crippen molar-refractivity contribution >= 4 is 17.3 Å². The van der Waals surface area contributed by atoms with Crippen molar-refractivity contribution in [3.63, 3.8) is 0 Å². The summed E-state index contributed by atoms with van der Waals surface area (Å²) in [5, 5.41) is 16.7. The number of rotatable bonds is 17. The molecule has 5 aromatic rings. The third-order valence-corrected chi connectivity index (χ3v) is 9.65. The minimum Gasteiger partial charge on any atom is -0.497 e. The Kier molecular flexibility index (Phi) is 12.6. The number of aromatic nitrogens is 5. The maximum absolute atomic E-state index is 11.9. The van der Waals surface area contributed by atoms with Gasteiger partial charge in [-0.1, -0.05) is 37.6 Å². The minimum atomic E-state index is -1.03. The fourth-order valence-corrected chi connectivity index (χ4v) is 6.51. The third-order valence-electron chi connectivity index (χ3n) is 9.65. The highest BCUT2D eigenvalue weighted by atomic mass is 16.5. The molecule has 0 aliphatic carbocycles. The fourth-order valence-electron chi connectivity index (χ4n) is 6.51. The number of unbranched alkanes of at least 4 members (excludes halogenated alkanes) is 1. The second-order valence-electron chi connectivity index (χ2n) is 13.8. The first-order valence-corrected chi connectivity index (χ1v) is 18.4. The van der Waals surface area contributed by atoms with Gasteiger partial charge in [-0.25, -0.2) is 14.5 Å². The van der Waals surface area contributed by atoms with Gasteiger partial charge in [0.1, 0.15) is 23.4 Å². The van der Waals surface area contributed by atoms with Gasteiger partial charge < -0.3 is 34.0 Å². The molecule has 1 unspecified atom stereocenters. The zero-order chi connectivity index (χ0) is 37.3. The predicted octanol–water partition coefficient (Wildman–Crippen LogP) is 5.00. The zero-order valence-corrected chi connectivity index (χ0v) is 31.9. The van der Waals surface area contributed by atoms with Gasteiger partial charge in [-0.15, -0.1) is 5.10 Å². The summed E-state index contributed by atoms with van der Waals surface area (Å²) in [4.78, 5) is 23.8. The van der Waals surface area contributed by atoms with Crippen molar-refractivity contribution in [1.82, 2.24) is 34.4 Å².